The molecular weight excluding hydrogens is 462 g/mol. The second-order valence-electron chi connectivity index (χ2n) is 6.52. The van der Waals surface area contributed by atoms with Gasteiger partial charge in [0.1, 0.15) is 0 Å². The molecule has 1 nitrogen and oxygen atoms in total. The first-order chi connectivity index (χ1) is 13.2. The molecule has 0 aliphatic carbocycles. The lowest BCUT2D eigenvalue weighted by molar-refractivity contribution is 1.18. The Balaban J connectivity index is 1.78. The van der Waals surface area contributed by atoms with Crippen molar-refractivity contribution >= 4 is 53.7 Å². The van der Waals surface area contributed by atoms with Gasteiger partial charge in [0, 0.05) is 25.4 Å². The topological polar surface area (TPSA) is 4.93 Å². The minimum absolute atomic E-state index is 1.11. The first kappa shape index (κ1) is 16.8. The Morgan fingerprint density at radius 3 is 1.56 bits per heavy atom. The summed E-state index contributed by atoms with van der Waals surface area (Å²) in [5.74, 6) is 0. The molecule has 0 bridgehead atoms. The lowest BCUT2D eigenvalue weighted by Gasteiger charge is -2.09. The average Bonchev–Trinajstić information content (AvgIpc) is 3.06. The van der Waals surface area contributed by atoms with E-state index in [9.17, 15) is 0 Å². The second kappa shape index (κ2) is 6.66. The van der Waals surface area contributed by atoms with E-state index >= 15 is 0 Å². The van der Waals surface area contributed by atoms with Crippen molar-refractivity contribution in [3.8, 4) is 16.8 Å². The highest BCUT2D eigenvalue weighted by Gasteiger charge is 2.16. The number of aromatic nitrogens is 1. The molecule has 0 amide bonds. The minimum Gasteiger partial charge on any atom is -0.309 e. The van der Waals surface area contributed by atoms with Crippen molar-refractivity contribution in [2.75, 3.05) is 0 Å². The largest absolute Gasteiger partial charge is 0.309 e. The Morgan fingerprint density at radius 1 is 0.481 bits per heavy atom. The predicted molar refractivity (Wildman–Crippen MR) is 122 cm³/mol. The molecule has 0 atom stereocenters. The number of fused-ring (bicyclic) bond motifs is 3. The standard InChI is InChI=1S/C24H15Br2N/c25-19-8-4-10-21-23(19)24-20(26)9-5-11-22(24)27(21)18-14-12-17(13-15-18)16-6-2-1-3-7-16/h1-15H. The summed E-state index contributed by atoms with van der Waals surface area (Å²) in [5, 5.41) is 2.46. The predicted octanol–water partition coefficient (Wildman–Crippen LogP) is 7.98. The summed E-state index contributed by atoms with van der Waals surface area (Å²) in [7, 11) is 0. The van der Waals surface area contributed by atoms with Crippen molar-refractivity contribution in [1.29, 1.82) is 0 Å². The Bertz CT molecular complexity index is 1210. The summed E-state index contributed by atoms with van der Waals surface area (Å²) in [6, 6.07) is 32.0. The summed E-state index contributed by atoms with van der Waals surface area (Å²) < 4.78 is 4.54. The van der Waals surface area contributed by atoms with Gasteiger partial charge in [-0.05, 0) is 47.5 Å². The molecule has 5 rings (SSSR count). The average molecular weight is 477 g/mol. The Labute approximate surface area is 174 Å². The first-order valence-corrected chi connectivity index (χ1v) is 10.4. The Morgan fingerprint density at radius 2 is 1.00 bits per heavy atom. The van der Waals surface area contributed by atoms with Gasteiger partial charge in [-0.3, -0.25) is 0 Å². The van der Waals surface area contributed by atoms with Gasteiger partial charge in [0.05, 0.1) is 11.0 Å². The molecule has 0 N–H and O–H groups in total. The zero-order valence-corrected chi connectivity index (χ0v) is 17.5. The van der Waals surface area contributed by atoms with Crippen molar-refractivity contribution in [2.24, 2.45) is 0 Å². The van der Waals surface area contributed by atoms with Gasteiger partial charge < -0.3 is 4.57 Å². The van der Waals surface area contributed by atoms with Gasteiger partial charge in [-0.15, -0.1) is 0 Å². The molecule has 130 valence electrons. The molecule has 0 spiro atoms. The molecular formula is C24H15Br2N. The van der Waals surface area contributed by atoms with E-state index in [1.54, 1.807) is 0 Å². The highest BCUT2D eigenvalue weighted by Crippen LogP contribution is 2.39. The number of hydrogen-bond acceptors (Lipinski definition) is 0. The molecule has 4 aromatic carbocycles. The number of rotatable bonds is 2. The van der Waals surface area contributed by atoms with Crippen LogP contribution in [0.2, 0.25) is 0 Å². The molecule has 0 saturated carbocycles. The van der Waals surface area contributed by atoms with Crippen molar-refractivity contribution in [1.82, 2.24) is 4.57 Å². The number of nitrogens with zero attached hydrogens (tertiary/aromatic N) is 1. The van der Waals surface area contributed by atoms with Crippen molar-refractivity contribution in [2.45, 2.75) is 0 Å². The van der Waals surface area contributed by atoms with Crippen LogP contribution in [-0.2, 0) is 0 Å². The highest BCUT2D eigenvalue weighted by atomic mass is 79.9. The summed E-state index contributed by atoms with van der Waals surface area (Å²) in [6.45, 7) is 0. The SMILES string of the molecule is Brc1cccc2c1c1c(Br)cccc1n2-c1ccc(-c2ccccc2)cc1. The molecule has 3 heteroatoms. The molecule has 27 heavy (non-hydrogen) atoms. The monoisotopic (exact) mass is 475 g/mol. The smallest absolute Gasteiger partial charge is 0.0552 e. The minimum atomic E-state index is 1.11. The molecule has 1 aromatic heterocycles. The fourth-order valence-electron chi connectivity index (χ4n) is 3.73. The lowest BCUT2D eigenvalue weighted by Crippen LogP contribution is -1.93. The first-order valence-electron chi connectivity index (χ1n) is 8.77. The van der Waals surface area contributed by atoms with Crippen LogP contribution in [0.25, 0.3) is 38.6 Å². The molecule has 0 radical (unpaired) electrons. The van der Waals surface area contributed by atoms with Crippen LogP contribution >= 0.6 is 31.9 Å². The van der Waals surface area contributed by atoms with Gasteiger partial charge >= 0.3 is 0 Å². The van der Waals surface area contributed by atoms with Gasteiger partial charge in [-0.1, -0.05) is 86.5 Å². The molecule has 0 aliphatic heterocycles. The van der Waals surface area contributed by atoms with E-state index in [2.05, 4.69) is 121 Å². The van der Waals surface area contributed by atoms with Gasteiger partial charge in [0.2, 0.25) is 0 Å². The maximum atomic E-state index is 3.75. The Hall–Kier alpha value is -2.36. The second-order valence-corrected chi connectivity index (χ2v) is 8.22. The van der Waals surface area contributed by atoms with Crippen LogP contribution in [0.4, 0.5) is 0 Å². The molecule has 0 aliphatic rings. The van der Waals surface area contributed by atoms with Crippen molar-refractivity contribution in [3.05, 3.63) is 99.9 Å². The van der Waals surface area contributed by atoms with Gasteiger partial charge in [-0.2, -0.15) is 0 Å². The summed E-state index contributed by atoms with van der Waals surface area (Å²) in [5.41, 5.74) is 6.00. The van der Waals surface area contributed by atoms with Crippen LogP contribution < -0.4 is 0 Å². The zero-order valence-electron chi connectivity index (χ0n) is 14.4. The van der Waals surface area contributed by atoms with Gasteiger partial charge in [0.25, 0.3) is 0 Å². The van der Waals surface area contributed by atoms with Crippen LogP contribution in [0, 0.1) is 0 Å². The molecule has 0 unspecified atom stereocenters. The molecule has 5 aromatic rings. The quantitative estimate of drug-likeness (QED) is 0.243. The number of hydrogen-bond donors (Lipinski definition) is 0. The van der Waals surface area contributed by atoms with E-state index < -0.39 is 0 Å². The maximum absolute atomic E-state index is 3.75. The van der Waals surface area contributed by atoms with E-state index in [-0.39, 0.29) is 0 Å². The van der Waals surface area contributed by atoms with E-state index in [1.165, 1.54) is 32.9 Å². The van der Waals surface area contributed by atoms with E-state index in [0.29, 0.717) is 0 Å². The third-order valence-electron chi connectivity index (χ3n) is 4.95. The summed E-state index contributed by atoms with van der Waals surface area (Å²) in [6.07, 6.45) is 0. The molecule has 0 fully saturated rings. The van der Waals surface area contributed by atoms with Crippen molar-refractivity contribution < 1.29 is 0 Å². The fourth-order valence-corrected chi connectivity index (χ4v) is 4.84. The molecule has 0 saturated heterocycles. The lowest BCUT2D eigenvalue weighted by atomic mass is 10.1. The maximum Gasteiger partial charge on any atom is 0.0552 e. The number of halogens is 2. The fraction of sp³-hybridized carbons (Fsp3) is 0. The van der Waals surface area contributed by atoms with Crippen LogP contribution in [0.1, 0.15) is 0 Å². The Kier molecular flexibility index (Phi) is 4.14. The third kappa shape index (κ3) is 2.73. The van der Waals surface area contributed by atoms with Gasteiger partial charge in [-0.25, -0.2) is 0 Å². The highest BCUT2D eigenvalue weighted by molar-refractivity contribution is 9.11. The number of benzene rings is 4. The molecule has 1 heterocycles. The summed E-state index contributed by atoms with van der Waals surface area (Å²) >= 11 is 7.49. The normalized spacial score (nSPS) is 11.3. The van der Waals surface area contributed by atoms with Crippen LogP contribution in [0.5, 0.6) is 0 Å². The van der Waals surface area contributed by atoms with Crippen LogP contribution in [0.15, 0.2) is 99.9 Å². The summed E-state index contributed by atoms with van der Waals surface area (Å²) in [4.78, 5) is 0. The van der Waals surface area contributed by atoms with Crippen LogP contribution in [0.3, 0.4) is 0 Å². The van der Waals surface area contributed by atoms with E-state index in [4.69, 9.17) is 0 Å². The van der Waals surface area contributed by atoms with E-state index in [0.717, 1.165) is 14.6 Å². The van der Waals surface area contributed by atoms with E-state index in [1.807, 2.05) is 6.07 Å². The third-order valence-corrected chi connectivity index (χ3v) is 6.27. The van der Waals surface area contributed by atoms with Crippen LogP contribution in [-0.4, -0.2) is 4.57 Å². The van der Waals surface area contributed by atoms with Gasteiger partial charge in [0.15, 0.2) is 0 Å². The zero-order chi connectivity index (χ0) is 18.4. The van der Waals surface area contributed by atoms with Crippen molar-refractivity contribution in [3.63, 3.8) is 0 Å².